The van der Waals surface area contributed by atoms with E-state index in [1.165, 1.54) is 35.8 Å². The molecule has 8 nitrogen and oxygen atoms in total. The molecule has 1 amide bonds. The standard InChI is InChI=1S/C26H22F4N6O2.3ClH/c27-17-2-1-16(25(37)35-20-9-32-6-3-21(20)38-12-26(11-31)4-5-26)24(30)23(17)22-18(28)7-15(8-19(22)29)10-36-14-33-13-34-36;;;/h1-3,6-9,13-14H,4-5,10-12,31H2,(H,35,37);3*1H. The monoisotopic (exact) mass is 634 g/mol. The first-order chi connectivity index (χ1) is 18.3. The number of ether oxygens (including phenoxy) is 1. The number of halogens is 7. The summed E-state index contributed by atoms with van der Waals surface area (Å²) in [4.78, 5) is 20.7. The first-order valence-electron chi connectivity index (χ1n) is 11.7. The second kappa shape index (κ2) is 13.9. The number of nitrogens with one attached hydrogen (secondary N) is 1. The molecule has 0 aliphatic heterocycles. The second-order valence-electron chi connectivity index (χ2n) is 9.13. The number of carbonyl (C=O) groups is 1. The number of amides is 1. The maximum absolute atomic E-state index is 15.5. The Morgan fingerprint density at radius 2 is 1.71 bits per heavy atom. The molecule has 0 spiro atoms. The van der Waals surface area contributed by atoms with Crippen molar-refractivity contribution in [2.45, 2.75) is 19.4 Å². The van der Waals surface area contributed by atoms with E-state index in [0.717, 1.165) is 37.1 Å². The van der Waals surface area contributed by atoms with E-state index in [1.54, 1.807) is 0 Å². The number of rotatable bonds is 9. The van der Waals surface area contributed by atoms with E-state index in [1.807, 2.05) is 0 Å². The number of carbonyl (C=O) groups excluding carboxylic acids is 1. The van der Waals surface area contributed by atoms with Gasteiger partial charge < -0.3 is 15.8 Å². The van der Waals surface area contributed by atoms with Gasteiger partial charge in [0.1, 0.15) is 47.4 Å². The Bertz CT molecular complexity index is 1480. The van der Waals surface area contributed by atoms with Gasteiger partial charge >= 0.3 is 0 Å². The van der Waals surface area contributed by atoms with Gasteiger partial charge in [-0.1, -0.05) is 0 Å². The summed E-state index contributed by atoms with van der Waals surface area (Å²) in [6.07, 6.45) is 7.23. The molecule has 1 aliphatic rings. The molecule has 1 fully saturated rings. The summed E-state index contributed by atoms with van der Waals surface area (Å²) in [5.74, 6) is -5.75. The molecule has 3 N–H and O–H groups in total. The van der Waals surface area contributed by atoms with Gasteiger partial charge in [0.25, 0.3) is 5.91 Å². The molecule has 2 heterocycles. The smallest absolute Gasteiger partial charge is 0.258 e. The van der Waals surface area contributed by atoms with E-state index in [0.29, 0.717) is 13.2 Å². The lowest BCUT2D eigenvalue weighted by atomic mass is 9.98. The van der Waals surface area contributed by atoms with E-state index in [4.69, 9.17) is 10.5 Å². The van der Waals surface area contributed by atoms with Crippen LogP contribution in [0.2, 0.25) is 0 Å². The van der Waals surface area contributed by atoms with Crippen molar-refractivity contribution in [3.63, 3.8) is 0 Å². The Morgan fingerprint density at radius 1 is 1.00 bits per heavy atom. The van der Waals surface area contributed by atoms with Crippen molar-refractivity contribution in [3.05, 3.63) is 89.8 Å². The summed E-state index contributed by atoms with van der Waals surface area (Å²) in [7, 11) is 0. The van der Waals surface area contributed by atoms with Crippen LogP contribution in [0.1, 0.15) is 28.8 Å². The number of hydrogen-bond acceptors (Lipinski definition) is 6. The molecule has 2 aromatic heterocycles. The summed E-state index contributed by atoms with van der Waals surface area (Å²) in [6.45, 7) is 0.776. The fraction of sp³-hybridized carbons (Fsp3) is 0.231. The predicted molar refractivity (Wildman–Crippen MR) is 151 cm³/mol. The molecular formula is C26H25Cl3F4N6O2. The highest BCUT2D eigenvalue weighted by Crippen LogP contribution is 2.45. The number of nitrogens with two attached hydrogens (primary N) is 1. The molecule has 4 aromatic rings. The molecule has 5 rings (SSSR count). The Hall–Kier alpha value is -3.45. The lowest BCUT2D eigenvalue weighted by molar-refractivity contribution is 0.102. The predicted octanol–water partition coefficient (Wildman–Crippen LogP) is 5.58. The number of pyridine rings is 1. The maximum atomic E-state index is 15.5. The van der Waals surface area contributed by atoms with Gasteiger partial charge in [0.2, 0.25) is 0 Å². The van der Waals surface area contributed by atoms with Crippen LogP contribution >= 0.6 is 37.2 Å². The van der Waals surface area contributed by atoms with Crippen LogP contribution in [0, 0.1) is 28.7 Å². The van der Waals surface area contributed by atoms with E-state index < -0.39 is 45.9 Å². The molecule has 15 heteroatoms. The van der Waals surface area contributed by atoms with Crippen LogP contribution in [0.25, 0.3) is 11.1 Å². The molecule has 2 aromatic carbocycles. The van der Waals surface area contributed by atoms with Gasteiger partial charge in [0.15, 0.2) is 0 Å². The van der Waals surface area contributed by atoms with E-state index in [9.17, 15) is 18.0 Å². The maximum Gasteiger partial charge on any atom is 0.258 e. The summed E-state index contributed by atoms with van der Waals surface area (Å²) in [5, 5.41) is 6.34. The number of anilines is 1. The largest absolute Gasteiger partial charge is 0.491 e. The summed E-state index contributed by atoms with van der Waals surface area (Å²) in [6, 6.07) is 5.08. The van der Waals surface area contributed by atoms with E-state index in [-0.39, 0.29) is 66.2 Å². The molecule has 220 valence electrons. The lowest BCUT2D eigenvalue weighted by Gasteiger charge is -2.17. The Kier molecular flexibility index (Phi) is 11.5. The average molecular weight is 636 g/mol. The van der Waals surface area contributed by atoms with Crippen LogP contribution in [0.5, 0.6) is 5.75 Å². The Balaban J connectivity index is 0.00000196. The minimum Gasteiger partial charge on any atom is -0.491 e. The van der Waals surface area contributed by atoms with Gasteiger partial charge in [-0.2, -0.15) is 5.10 Å². The van der Waals surface area contributed by atoms with Crippen LogP contribution < -0.4 is 15.8 Å². The third-order valence-electron chi connectivity index (χ3n) is 6.45. The number of nitrogens with zero attached hydrogens (tertiary/aromatic N) is 4. The highest BCUT2D eigenvalue weighted by Gasteiger charge is 2.42. The van der Waals surface area contributed by atoms with E-state index in [2.05, 4.69) is 20.4 Å². The minimum absolute atomic E-state index is 0. The van der Waals surface area contributed by atoms with Gasteiger partial charge in [-0.05, 0) is 42.7 Å². The van der Waals surface area contributed by atoms with Gasteiger partial charge in [-0.25, -0.2) is 27.2 Å². The lowest BCUT2D eigenvalue weighted by Crippen LogP contribution is -2.23. The topological polar surface area (TPSA) is 108 Å². The quantitative estimate of drug-likeness (QED) is 0.233. The molecule has 0 saturated heterocycles. The zero-order valence-corrected chi connectivity index (χ0v) is 23.6. The fourth-order valence-electron chi connectivity index (χ4n) is 4.02. The number of aromatic nitrogens is 4. The molecule has 0 bridgehead atoms. The Labute approximate surface area is 250 Å². The number of hydrogen-bond donors (Lipinski definition) is 2. The third kappa shape index (κ3) is 7.25. The first kappa shape index (κ1) is 33.8. The zero-order chi connectivity index (χ0) is 26.9. The van der Waals surface area contributed by atoms with Crippen LogP contribution in [0.4, 0.5) is 23.2 Å². The van der Waals surface area contributed by atoms with Gasteiger partial charge in [0.05, 0.1) is 36.0 Å². The average Bonchev–Trinajstić information content (AvgIpc) is 3.50. The van der Waals surface area contributed by atoms with Crippen molar-refractivity contribution in [2.24, 2.45) is 11.1 Å². The van der Waals surface area contributed by atoms with Crippen molar-refractivity contribution < 1.29 is 27.1 Å². The third-order valence-corrected chi connectivity index (χ3v) is 6.45. The van der Waals surface area contributed by atoms with Crippen molar-refractivity contribution in [1.82, 2.24) is 19.7 Å². The molecule has 0 radical (unpaired) electrons. The van der Waals surface area contributed by atoms with Gasteiger partial charge in [0, 0.05) is 24.2 Å². The number of benzene rings is 2. The summed E-state index contributed by atoms with van der Waals surface area (Å²) < 4.78 is 67.3. The van der Waals surface area contributed by atoms with Crippen molar-refractivity contribution in [1.29, 1.82) is 0 Å². The normalized spacial score (nSPS) is 12.8. The van der Waals surface area contributed by atoms with Crippen LogP contribution in [-0.4, -0.2) is 38.8 Å². The Morgan fingerprint density at radius 3 is 2.32 bits per heavy atom. The fourth-order valence-corrected chi connectivity index (χ4v) is 4.02. The van der Waals surface area contributed by atoms with Crippen LogP contribution in [0.3, 0.4) is 0 Å². The first-order valence-corrected chi connectivity index (χ1v) is 11.7. The highest BCUT2D eigenvalue weighted by atomic mass is 35.5. The van der Waals surface area contributed by atoms with Crippen molar-refractivity contribution >= 4 is 48.8 Å². The molecular weight excluding hydrogens is 611 g/mol. The second-order valence-corrected chi connectivity index (χ2v) is 9.13. The molecule has 0 atom stereocenters. The summed E-state index contributed by atoms with van der Waals surface area (Å²) >= 11 is 0. The van der Waals surface area contributed by atoms with Crippen molar-refractivity contribution in [3.8, 4) is 16.9 Å². The molecule has 1 aliphatic carbocycles. The SMILES string of the molecule is Cl.Cl.Cl.NCC1(COc2ccncc2NC(=O)c2ccc(F)c(-c3c(F)cc(Cn4cncn4)cc3F)c2F)CC1. The highest BCUT2D eigenvalue weighted by molar-refractivity contribution is 6.06. The van der Waals surface area contributed by atoms with Crippen LogP contribution in [0.15, 0.2) is 55.4 Å². The van der Waals surface area contributed by atoms with Crippen LogP contribution in [-0.2, 0) is 6.54 Å². The molecule has 41 heavy (non-hydrogen) atoms. The van der Waals surface area contributed by atoms with Crippen molar-refractivity contribution in [2.75, 3.05) is 18.5 Å². The van der Waals surface area contributed by atoms with Gasteiger partial charge in [-0.15, -0.1) is 37.2 Å². The van der Waals surface area contributed by atoms with Gasteiger partial charge in [-0.3, -0.25) is 9.78 Å². The molecule has 0 unspecified atom stereocenters. The summed E-state index contributed by atoms with van der Waals surface area (Å²) in [5.41, 5.74) is 3.43. The zero-order valence-electron chi connectivity index (χ0n) is 21.2. The minimum atomic E-state index is -1.42. The molecule has 1 saturated carbocycles. The van der Waals surface area contributed by atoms with E-state index >= 15 is 4.39 Å².